The Morgan fingerprint density at radius 1 is 0.946 bits per heavy atom. The summed E-state index contributed by atoms with van der Waals surface area (Å²) in [5.74, 6) is 1.22. The van der Waals surface area contributed by atoms with Crippen molar-refractivity contribution in [1.29, 1.82) is 5.26 Å². The third kappa shape index (κ3) is 6.04. The molecule has 0 aliphatic carbocycles. The molecule has 4 rings (SSSR count). The molecular formula is C30H30N2O5. The molecule has 0 spiro atoms. The monoisotopic (exact) mass is 498 g/mol. The molecule has 7 heteroatoms. The van der Waals surface area contributed by atoms with Crippen LogP contribution in [-0.4, -0.2) is 19.2 Å². The fourth-order valence-corrected chi connectivity index (χ4v) is 4.03. The van der Waals surface area contributed by atoms with E-state index in [1.54, 1.807) is 42.5 Å². The Morgan fingerprint density at radius 2 is 1.70 bits per heavy atom. The van der Waals surface area contributed by atoms with Crippen molar-refractivity contribution in [1.82, 2.24) is 0 Å². The Bertz CT molecular complexity index is 1320. The smallest absolute Gasteiger partial charge is 0.343 e. The standard InChI is InChI=1S/C30H30N2O5/c1-3-5-16-35-23-8-6-7-21(17-23)28-25-14-13-24(18-27(25)37-29(32)26(28)19-31)36-30(33)20-9-11-22(12-10-20)34-15-4-2/h6-14,17-18,28H,3-5,15-16,32H2,1-2H3. The first kappa shape index (κ1) is 25.6. The van der Waals surface area contributed by atoms with Crippen LogP contribution in [-0.2, 0) is 0 Å². The molecule has 7 nitrogen and oxygen atoms in total. The van der Waals surface area contributed by atoms with E-state index in [2.05, 4.69) is 13.0 Å². The molecule has 0 radical (unpaired) electrons. The summed E-state index contributed by atoms with van der Waals surface area (Å²) < 4.78 is 22.8. The van der Waals surface area contributed by atoms with Gasteiger partial charge in [-0.25, -0.2) is 4.79 Å². The molecule has 0 saturated carbocycles. The van der Waals surface area contributed by atoms with E-state index in [1.807, 2.05) is 31.2 Å². The number of nitrogens with zero attached hydrogens (tertiary/aromatic N) is 1. The number of rotatable bonds is 10. The SMILES string of the molecule is CCCCOc1cccc(C2C(C#N)=C(N)Oc3cc(OC(=O)c4ccc(OCCC)cc4)ccc32)c1. The van der Waals surface area contributed by atoms with Crippen LogP contribution in [0.15, 0.2) is 78.2 Å². The summed E-state index contributed by atoms with van der Waals surface area (Å²) in [5.41, 5.74) is 8.45. The lowest BCUT2D eigenvalue weighted by Gasteiger charge is -2.27. The van der Waals surface area contributed by atoms with Gasteiger partial charge in [0.05, 0.1) is 24.7 Å². The number of nitrogens with two attached hydrogens (primary N) is 1. The van der Waals surface area contributed by atoms with Crippen LogP contribution in [0.2, 0.25) is 0 Å². The Morgan fingerprint density at radius 3 is 2.43 bits per heavy atom. The lowest BCUT2D eigenvalue weighted by atomic mass is 9.83. The number of nitriles is 1. The van der Waals surface area contributed by atoms with Gasteiger partial charge in [0, 0.05) is 11.6 Å². The number of esters is 1. The van der Waals surface area contributed by atoms with Gasteiger partial charge in [-0.15, -0.1) is 0 Å². The molecule has 37 heavy (non-hydrogen) atoms. The molecule has 0 amide bonds. The molecule has 0 saturated heterocycles. The summed E-state index contributed by atoms with van der Waals surface area (Å²) in [6.07, 6.45) is 2.90. The number of allylic oxidation sites excluding steroid dienone is 1. The van der Waals surface area contributed by atoms with Gasteiger partial charge >= 0.3 is 5.97 Å². The van der Waals surface area contributed by atoms with Crippen LogP contribution < -0.4 is 24.7 Å². The number of benzene rings is 3. The zero-order chi connectivity index (χ0) is 26.2. The van der Waals surface area contributed by atoms with E-state index < -0.39 is 11.9 Å². The lowest BCUT2D eigenvalue weighted by molar-refractivity contribution is 0.0734. The van der Waals surface area contributed by atoms with Crippen LogP contribution in [0.4, 0.5) is 0 Å². The zero-order valence-electron chi connectivity index (χ0n) is 21.0. The van der Waals surface area contributed by atoms with Crippen LogP contribution in [0.3, 0.4) is 0 Å². The highest BCUT2D eigenvalue weighted by molar-refractivity contribution is 5.91. The second-order valence-corrected chi connectivity index (χ2v) is 8.66. The predicted molar refractivity (Wildman–Crippen MR) is 140 cm³/mol. The van der Waals surface area contributed by atoms with Gasteiger partial charge in [-0.3, -0.25) is 0 Å². The number of unbranched alkanes of at least 4 members (excludes halogenated alkanes) is 1. The van der Waals surface area contributed by atoms with Crippen molar-refractivity contribution < 1.29 is 23.7 Å². The molecular weight excluding hydrogens is 468 g/mol. The van der Waals surface area contributed by atoms with Crippen molar-refractivity contribution >= 4 is 5.97 Å². The second kappa shape index (κ2) is 12.0. The van der Waals surface area contributed by atoms with E-state index in [9.17, 15) is 10.1 Å². The maximum absolute atomic E-state index is 12.7. The molecule has 1 heterocycles. The molecule has 2 N–H and O–H groups in total. The van der Waals surface area contributed by atoms with E-state index in [0.29, 0.717) is 41.6 Å². The highest BCUT2D eigenvalue weighted by atomic mass is 16.5. The topological polar surface area (TPSA) is 104 Å². The van der Waals surface area contributed by atoms with Crippen molar-refractivity contribution in [3.05, 3.63) is 94.9 Å². The van der Waals surface area contributed by atoms with Crippen molar-refractivity contribution in [2.45, 2.75) is 39.0 Å². The van der Waals surface area contributed by atoms with Crippen LogP contribution in [0.1, 0.15) is 60.5 Å². The first-order valence-corrected chi connectivity index (χ1v) is 12.4. The number of fused-ring (bicyclic) bond motifs is 1. The van der Waals surface area contributed by atoms with Gasteiger partial charge in [0.15, 0.2) is 0 Å². The number of hydrogen-bond donors (Lipinski definition) is 1. The van der Waals surface area contributed by atoms with Gasteiger partial charge in [0.2, 0.25) is 5.88 Å². The van der Waals surface area contributed by atoms with Crippen LogP contribution in [0, 0.1) is 11.3 Å². The van der Waals surface area contributed by atoms with E-state index >= 15 is 0 Å². The predicted octanol–water partition coefficient (Wildman–Crippen LogP) is 6.09. The fraction of sp³-hybridized carbons (Fsp3) is 0.267. The molecule has 3 aromatic rings. The van der Waals surface area contributed by atoms with Crippen molar-refractivity contribution in [3.63, 3.8) is 0 Å². The average Bonchev–Trinajstić information content (AvgIpc) is 2.91. The van der Waals surface area contributed by atoms with E-state index in [4.69, 9.17) is 24.7 Å². The minimum absolute atomic E-state index is 0.0171. The highest BCUT2D eigenvalue weighted by Gasteiger charge is 2.31. The Kier molecular flexibility index (Phi) is 8.32. The van der Waals surface area contributed by atoms with E-state index in [0.717, 1.165) is 36.1 Å². The number of carbonyl (C=O) groups excluding carboxylic acids is 1. The largest absolute Gasteiger partial charge is 0.494 e. The number of hydrogen-bond acceptors (Lipinski definition) is 7. The summed E-state index contributed by atoms with van der Waals surface area (Å²) >= 11 is 0. The molecule has 0 aromatic heterocycles. The molecule has 1 aliphatic rings. The summed E-state index contributed by atoms with van der Waals surface area (Å²) in [6, 6.07) is 21.7. The molecule has 1 aliphatic heterocycles. The minimum Gasteiger partial charge on any atom is -0.494 e. The Balaban J connectivity index is 1.57. The Hall–Kier alpha value is -4.44. The summed E-state index contributed by atoms with van der Waals surface area (Å²) in [5, 5.41) is 9.85. The van der Waals surface area contributed by atoms with Crippen molar-refractivity contribution in [3.8, 4) is 29.1 Å². The Labute approximate surface area is 217 Å². The minimum atomic E-state index is -0.507. The van der Waals surface area contributed by atoms with Gasteiger partial charge in [-0.05, 0) is 60.9 Å². The number of ether oxygens (including phenoxy) is 4. The first-order chi connectivity index (χ1) is 18.0. The van der Waals surface area contributed by atoms with Crippen LogP contribution in [0.5, 0.6) is 23.0 Å². The fourth-order valence-electron chi connectivity index (χ4n) is 4.03. The van der Waals surface area contributed by atoms with Crippen molar-refractivity contribution in [2.24, 2.45) is 5.73 Å². The third-order valence-electron chi connectivity index (χ3n) is 5.92. The molecule has 1 unspecified atom stereocenters. The van der Waals surface area contributed by atoms with Gasteiger partial charge in [0.25, 0.3) is 0 Å². The van der Waals surface area contributed by atoms with E-state index in [-0.39, 0.29) is 5.88 Å². The maximum atomic E-state index is 12.7. The van der Waals surface area contributed by atoms with E-state index in [1.165, 1.54) is 0 Å². The number of carbonyl (C=O) groups is 1. The van der Waals surface area contributed by atoms with Crippen LogP contribution in [0.25, 0.3) is 0 Å². The van der Waals surface area contributed by atoms with Gasteiger partial charge in [0.1, 0.15) is 34.6 Å². The van der Waals surface area contributed by atoms with Crippen LogP contribution >= 0.6 is 0 Å². The first-order valence-electron chi connectivity index (χ1n) is 12.4. The molecule has 3 aromatic carbocycles. The van der Waals surface area contributed by atoms with Gasteiger partial charge in [-0.2, -0.15) is 5.26 Å². The highest BCUT2D eigenvalue weighted by Crippen LogP contribution is 2.44. The molecule has 1 atom stereocenters. The van der Waals surface area contributed by atoms with Crippen molar-refractivity contribution in [2.75, 3.05) is 13.2 Å². The average molecular weight is 499 g/mol. The third-order valence-corrected chi connectivity index (χ3v) is 5.92. The zero-order valence-corrected chi connectivity index (χ0v) is 21.0. The summed E-state index contributed by atoms with van der Waals surface area (Å²) in [7, 11) is 0. The maximum Gasteiger partial charge on any atom is 0.343 e. The summed E-state index contributed by atoms with van der Waals surface area (Å²) in [4.78, 5) is 12.7. The summed E-state index contributed by atoms with van der Waals surface area (Å²) in [6.45, 7) is 5.37. The quantitative estimate of drug-likeness (QED) is 0.205. The lowest BCUT2D eigenvalue weighted by Crippen LogP contribution is -2.21. The molecule has 0 bridgehead atoms. The molecule has 0 fully saturated rings. The molecule has 190 valence electrons. The second-order valence-electron chi connectivity index (χ2n) is 8.66. The normalized spacial score (nSPS) is 14.2. The van der Waals surface area contributed by atoms with Gasteiger partial charge in [-0.1, -0.05) is 38.5 Å². The van der Waals surface area contributed by atoms with Gasteiger partial charge < -0.3 is 24.7 Å².